The molecule has 0 spiro atoms. The summed E-state index contributed by atoms with van der Waals surface area (Å²) in [4.78, 5) is 21.3. The summed E-state index contributed by atoms with van der Waals surface area (Å²) in [6.45, 7) is 5.84. The second kappa shape index (κ2) is 13.3. The third kappa shape index (κ3) is 5.92. The molecule has 0 amide bonds. The van der Waals surface area contributed by atoms with Gasteiger partial charge in [0, 0.05) is 106 Å². The zero-order valence-corrected chi connectivity index (χ0v) is 32.5. The number of nitrogens with two attached hydrogens (primary N) is 1. The molecule has 5 atom stereocenters. The van der Waals surface area contributed by atoms with E-state index in [1.165, 1.54) is 25.3 Å². The number of aryl methyl sites for hydroxylation is 2. The highest BCUT2D eigenvalue weighted by atomic mass is 19.3. The minimum Gasteiger partial charge on any atom is -0.398 e. The average Bonchev–Trinajstić information content (AvgIpc) is 3.75. The summed E-state index contributed by atoms with van der Waals surface area (Å²) in [5, 5.41) is 1.42. The fraction of sp³-hybridized carbons (Fsp3) is 0.533. The van der Waals surface area contributed by atoms with Crippen molar-refractivity contribution in [2.75, 3.05) is 56.9 Å². The van der Waals surface area contributed by atoms with Crippen LogP contribution in [0.25, 0.3) is 32.8 Å². The minimum absolute atomic E-state index is 0.000480. The van der Waals surface area contributed by atoms with Crippen LogP contribution in [0.1, 0.15) is 67.5 Å². The van der Waals surface area contributed by atoms with Gasteiger partial charge in [0.25, 0.3) is 5.92 Å². The van der Waals surface area contributed by atoms with E-state index >= 15 is 17.6 Å². The van der Waals surface area contributed by atoms with Crippen LogP contribution in [0.5, 0.6) is 0 Å². The molecular formula is C45H48F5N7. The number of nitrogens with zero attached hydrogens (tertiary/aromatic N) is 6. The Morgan fingerprint density at radius 1 is 1.00 bits per heavy atom. The molecule has 0 radical (unpaired) electrons. The number of hydrogen-bond donors (Lipinski definition) is 1. The molecule has 10 rings (SSSR count). The second-order valence-electron chi connectivity index (χ2n) is 18.0. The first-order valence-corrected chi connectivity index (χ1v) is 20.6. The van der Waals surface area contributed by atoms with Crippen molar-refractivity contribution >= 4 is 39.4 Å². The van der Waals surface area contributed by atoms with Gasteiger partial charge in [0.05, 0.1) is 22.1 Å². The number of rotatable bonds is 10. The van der Waals surface area contributed by atoms with Crippen LogP contribution in [0.4, 0.5) is 33.5 Å². The van der Waals surface area contributed by atoms with Crippen molar-refractivity contribution < 1.29 is 22.0 Å². The van der Waals surface area contributed by atoms with Gasteiger partial charge >= 0.3 is 0 Å². The Morgan fingerprint density at radius 3 is 2.35 bits per heavy atom. The zero-order valence-electron chi connectivity index (χ0n) is 32.5. The van der Waals surface area contributed by atoms with Gasteiger partial charge in [-0.3, -0.25) is 9.89 Å². The number of piperazine rings is 1. The summed E-state index contributed by atoms with van der Waals surface area (Å²) in [6, 6.07) is 6.79. The number of fused-ring (bicyclic) bond motifs is 5. The van der Waals surface area contributed by atoms with Gasteiger partial charge in [0.2, 0.25) is 0 Å². The highest BCUT2D eigenvalue weighted by Gasteiger charge is 2.71. The van der Waals surface area contributed by atoms with Gasteiger partial charge in [0.15, 0.2) is 5.82 Å². The molecule has 1 aromatic heterocycles. The number of hydrogen-bond acceptors (Lipinski definition) is 7. The number of aliphatic imine (C=N–C) groups is 1. The first-order chi connectivity index (χ1) is 27.4. The van der Waals surface area contributed by atoms with E-state index in [0.717, 1.165) is 44.0 Å². The lowest BCUT2D eigenvalue weighted by atomic mass is 9.85. The van der Waals surface area contributed by atoms with E-state index < -0.39 is 29.1 Å². The van der Waals surface area contributed by atoms with E-state index in [-0.39, 0.29) is 77.9 Å². The number of piperidine rings is 1. The monoisotopic (exact) mass is 781 g/mol. The average molecular weight is 782 g/mol. The van der Waals surface area contributed by atoms with Crippen LogP contribution in [0.3, 0.4) is 0 Å². The Morgan fingerprint density at radius 2 is 1.72 bits per heavy atom. The lowest BCUT2D eigenvalue weighted by molar-refractivity contribution is 0.0427. The third-order valence-corrected chi connectivity index (χ3v) is 14.3. The van der Waals surface area contributed by atoms with Gasteiger partial charge in [-0.2, -0.15) is 0 Å². The van der Waals surface area contributed by atoms with E-state index in [2.05, 4.69) is 20.7 Å². The molecule has 57 heavy (non-hydrogen) atoms. The van der Waals surface area contributed by atoms with Crippen molar-refractivity contribution in [3.05, 3.63) is 58.4 Å². The van der Waals surface area contributed by atoms with Crippen LogP contribution in [-0.2, 0) is 6.42 Å². The van der Waals surface area contributed by atoms with Gasteiger partial charge < -0.3 is 15.5 Å². The van der Waals surface area contributed by atoms with E-state index in [1.807, 2.05) is 17.9 Å². The summed E-state index contributed by atoms with van der Waals surface area (Å²) in [5.41, 5.74) is 7.49. The molecule has 2 N–H and O–H groups in total. The standard InChI is InChI=1S/C45H48F5N7/c1-4-29-34(46)11-8-26-14-24(2)15-30(36(26)29)37-40(48)42-38(31(16-52-3)41(37)51)43(57-27-9-10-28(57)19-55(18-27)17-25-6-5-7-25)54-35(53-42)12-13-44(22-45(44,49)50)23-56-20-32-33(21-56)39(32)47/h1,8,11,14-16,25,27-28,32-33,39H,5-7,9-10,12-13,17-23,51H2,2-3H3/t27?,28?,32?,33?,39?,44-/m1/s1. The maximum atomic E-state index is 17.8. The Balaban J connectivity index is 1.12. The summed E-state index contributed by atoms with van der Waals surface area (Å²) in [5.74, 6) is -0.244. The molecule has 3 saturated heterocycles. The number of likely N-dealkylation sites (tertiary alicyclic amines) is 2. The Bertz CT molecular complexity index is 2360. The van der Waals surface area contributed by atoms with E-state index in [9.17, 15) is 4.39 Å². The van der Waals surface area contributed by atoms with Crippen LogP contribution in [0.15, 0.2) is 29.3 Å². The SMILES string of the molecule is C#Cc1c(F)ccc2cc(C)cc(-c3c(N)c(C=NC)c4c(N5C6CCC5CN(CC5CCC5)C6)nc(CC[C@]5(CN6CC7C(F)C7C6)CC5(F)F)nc4c3F)c12. The minimum atomic E-state index is -2.86. The van der Waals surface area contributed by atoms with Gasteiger partial charge in [-0.25, -0.2) is 31.9 Å². The van der Waals surface area contributed by atoms with Crippen LogP contribution in [0.2, 0.25) is 0 Å². The summed E-state index contributed by atoms with van der Waals surface area (Å²) in [6.07, 6.45) is 12.3. The number of terminal acetylenes is 1. The van der Waals surface area contributed by atoms with Crippen LogP contribution < -0.4 is 10.6 Å². The fourth-order valence-electron chi connectivity index (χ4n) is 11.0. The first-order valence-electron chi connectivity index (χ1n) is 20.6. The van der Waals surface area contributed by atoms with Crippen LogP contribution in [0, 0.1) is 54.1 Å². The molecule has 12 heteroatoms. The molecule has 3 aliphatic heterocycles. The summed E-state index contributed by atoms with van der Waals surface area (Å²) in [7, 11) is 1.62. The molecule has 7 nitrogen and oxygen atoms in total. The van der Waals surface area contributed by atoms with Crippen molar-refractivity contribution in [1.29, 1.82) is 0 Å². The predicted octanol–water partition coefficient (Wildman–Crippen LogP) is 7.96. The zero-order chi connectivity index (χ0) is 39.5. The Hall–Kier alpha value is -4.34. The molecule has 4 aromatic rings. The number of alkyl halides is 3. The quantitative estimate of drug-likeness (QED) is 0.0763. The molecule has 4 unspecified atom stereocenters. The number of anilines is 2. The van der Waals surface area contributed by atoms with Crippen molar-refractivity contribution in [3.63, 3.8) is 0 Å². The van der Waals surface area contributed by atoms with Crippen LogP contribution >= 0.6 is 0 Å². The Labute approximate surface area is 329 Å². The van der Waals surface area contributed by atoms with Crippen molar-refractivity contribution in [2.24, 2.45) is 28.2 Å². The lowest BCUT2D eigenvalue weighted by Gasteiger charge is -2.44. The number of nitrogen functional groups attached to an aromatic ring is 1. The van der Waals surface area contributed by atoms with E-state index in [4.69, 9.17) is 22.1 Å². The largest absolute Gasteiger partial charge is 0.398 e. The molecule has 3 aliphatic carbocycles. The van der Waals surface area contributed by atoms with Gasteiger partial charge in [-0.1, -0.05) is 30.5 Å². The van der Waals surface area contributed by atoms with E-state index in [1.54, 1.807) is 25.4 Å². The number of benzene rings is 3. The summed E-state index contributed by atoms with van der Waals surface area (Å²) < 4.78 is 77.8. The molecule has 6 aliphatic rings. The third-order valence-electron chi connectivity index (χ3n) is 14.3. The van der Waals surface area contributed by atoms with Gasteiger partial charge in [-0.05, 0) is 67.5 Å². The van der Waals surface area contributed by atoms with Crippen molar-refractivity contribution in [1.82, 2.24) is 19.8 Å². The predicted molar refractivity (Wildman–Crippen MR) is 215 cm³/mol. The number of aromatic nitrogens is 2. The molecule has 4 heterocycles. The van der Waals surface area contributed by atoms with E-state index in [0.29, 0.717) is 46.2 Å². The second-order valence-corrected chi connectivity index (χ2v) is 18.0. The maximum absolute atomic E-state index is 17.8. The van der Waals surface area contributed by atoms with Crippen LogP contribution in [-0.4, -0.2) is 96.5 Å². The topological polar surface area (TPSA) is 73.9 Å². The fourth-order valence-corrected chi connectivity index (χ4v) is 11.0. The van der Waals surface area contributed by atoms with Gasteiger partial charge in [0.1, 0.15) is 29.1 Å². The molecule has 6 fully saturated rings. The molecular weight excluding hydrogens is 734 g/mol. The molecule has 3 saturated carbocycles. The van der Waals surface area contributed by atoms with Crippen molar-refractivity contribution in [3.8, 4) is 23.5 Å². The molecule has 2 bridgehead atoms. The Kier molecular flexibility index (Phi) is 8.66. The highest BCUT2D eigenvalue weighted by Crippen LogP contribution is 2.64. The highest BCUT2D eigenvalue weighted by molar-refractivity contribution is 6.15. The lowest BCUT2D eigenvalue weighted by Crippen LogP contribution is -2.55. The molecule has 298 valence electrons. The van der Waals surface area contributed by atoms with Gasteiger partial charge in [-0.15, -0.1) is 6.42 Å². The number of halogens is 5. The molecule has 3 aromatic carbocycles. The summed E-state index contributed by atoms with van der Waals surface area (Å²) >= 11 is 0. The normalized spacial score (nSPS) is 29.4. The smallest absolute Gasteiger partial charge is 0.255 e. The van der Waals surface area contributed by atoms with Crippen molar-refractivity contribution in [2.45, 2.75) is 82.5 Å². The first kappa shape index (κ1) is 37.0. The maximum Gasteiger partial charge on any atom is 0.255 e.